The van der Waals surface area contributed by atoms with E-state index in [2.05, 4.69) is 15.8 Å². The number of carbonyl (C=O) groups is 2. The summed E-state index contributed by atoms with van der Waals surface area (Å²) in [4.78, 5) is 23.8. The molecule has 0 saturated carbocycles. The van der Waals surface area contributed by atoms with E-state index in [1.54, 1.807) is 42.5 Å². The van der Waals surface area contributed by atoms with Gasteiger partial charge in [-0.25, -0.2) is 5.43 Å². The average Bonchev–Trinajstić information content (AvgIpc) is 2.63. The molecule has 0 saturated heterocycles. The topological polar surface area (TPSA) is 89.0 Å². The molecule has 0 heterocycles. The van der Waals surface area contributed by atoms with Crippen molar-refractivity contribution in [3.05, 3.63) is 53.1 Å². The van der Waals surface area contributed by atoms with E-state index < -0.39 is 11.8 Å². The minimum atomic E-state index is -0.921. The summed E-state index contributed by atoms with van der Waals surface area (Å²) in [6.07, 6.45) is 1.40. The van der Waals surface area contributed by atoms with Crippen LogP contribution in [0.25, 0.3) is 0 Å². The van der Waals surface area contributed by atoms with Gasteiger partial charge in [-0.15, -0.1) is 0 Å². The third kappa shape index (κ3) is 5.22. The van der Waals surface area contributed by atoms with Gasteiger partial charge in [0.05, 0.1) is 26.1 Å². The lowest BCUT2D eigenvalue weighted by Gasteiger charge is -2.11. The van der Waals surface area contributed by atoms with Gasteiger partial charge in [-0.2, -0.15) is 5.10 Å². The molecule has 8 heteroatoms. The molecule has 2 aromatic carbocycles. The van der Waals surface area contributed by atoms with E-state index in [4.69, 9.17) is 21.1 Å². The van der Waals surface area contributed by atoms with Gasteiger partial charge in [0.2, 0.25) is 0 Å². The monoisotopic (exact) mass is 361 g/mol. The summed E-state index contributed by atoms with van der Waals surface area (Å²) in [6.45, 7) is 0. The summed E-state index contributed by atoms with van der Waals surface area (Å²) in [7, 11) is 2.94. The molecule has 2 rings (SSSR count). The fraction of sp³-hybridized carbons (Fsp3) is 0.118. The molecule has 0 spiro atoms. The maximum atomic E-state index is 12.0. The Morgan fingerprint density at radius 1 is 1.04 bits per heavy atom. The molecule has 0 aromatic heterocycles. The highest BCUT2D eigenvalue weighted by Crippen LogP contribution is 2.28. The number of methoxy groups -OCH3 is 2. The maximum Gasteiger partial charge on any atom is 0.329 e. The van der Waals surface area contributed by atoms with E-state index in [0.717, 1.165) is 5.56 Å². The number of anilines is 1. The van der Waals surface area contributed by atoms with Crippen molar-refractivity contribution in [3.8, 4) is 11.5 Å². The average molecular weight is 362 g/mol. The Bertz CT molecular complexity index is 791. The fourth-order valence-electron chi connectivity index (χ4n) is 1.86. The molecule has 0 fully saturated rings. The van der Waals surface area contributed by atoms with E-state index in [9.17, 15) is 9.59 Å². The van der Waals surface area contributed by atoms with Crippen LogP contribution in [-0.4, -0.2) is 32.2 Å². The lowest BCUT2D eigenvalue weighted by molar-refractivity contribution is -0.136. The van der Waals surface area contributed by atoms with E-state index in [0.29, 0.717) is 22.2 Å². The van der Waals surface area contributed by atoms with Crippen LogP contribution in [0.1, 0.15) is 5.56 Å². The zero-order valence-electron chi connectivity index (χ0n) is 13.6. The normalized spacial score (nSPS) is 10.4. The van der Waals surface area contributed by atoms with Crippen molar-refractivity contribution in [2.45, 2.75) is 0 Å². The molecule has 0 aliphatic rings. The first kappa shape index (κ1) is 18.3. The van der Waals surface area contributed by atoms with Crippen LogP contribution in [0.3, 0.4) is 0 Å². The molecule has 0 bridgehead atoms. The molecular weight excluding hydrogens is 346 g/mol. The van der Waals surface area contributed by atoms with Gasteiger partial charge in [-0.3, -0.25) is 9.59 Å². The first-order valence-electron chi connectivity index (χ1n) is 7.15. The van der Waals surface area contributed by atoms with Crippen LogP contribution in [0.4, 0.5) is 5.69 Å². The van der Waals surface area contributed by atoms with Crippen molar-refractivity contribution in [2.24, 2.45) is 5.10 Å². The second-order valence-corrected chi connectivity index (χ2v) is 5.21. The summed E-state index contributed by atoms with van der Waals surface area (Å²) in [5.74, 6) is -0.904. The molecule has 0 radical (unpaired) electrons. The lowest BCUT2D eigenvalue weighted by Crippen LogP contribution is -2.32. The molecule has 25 heavy (non-hydrogen) atoms. The number of ether oxygens (including phenoxy) is 2. The molecule has 7 nitrogen and oxygen atoms in total. The second kappa shape index (κ2) is 8.70. The van der Waals surface area contributed by atoms with Crippen molar-refractivity contribution in [3.63, 3.8) is 0 Å². The quantitative estimate of drug-likeness (QED) is 0.486. The van der Waals surface area contributed by atoms with Gasteiger partial charge in [-0.05, 0) is 29.8 Å². The molecular formula is C17H16ClN3O4. The molecule has 2 N–H and O–H groups in total. The van der Waals surface area contributed by atoms with Crippen LogP contribution in [0.2, 0.25) is 5.02 Å². The Morgan fingerprint density at radius 3 is 2.40 bits per heavy atom. The first-order chi connectivity index (χ1) is 12.0. The van der Waals surface area contributed by atoms with Gasteiger partial charge in [0, 0.05) is 11.1 Å². The smallest absolute Gasteiger partial charge is 0.329 e. The number of halogens is 1. The number of hydrazone groups is 1. The van der Waals surface area contributed by atoms with Gasteiger partial charge in [-0.1, -0.05) is 23.7 Å². The summed E-state index contributed by atoms with van der Waals surface area (Å²) < 4.78 is 10.2. The molecule has 0 aliphatic heterocycles. The Kier molecular flexibility index (Phi) is 6.36. The van der Waals surface area contributed by atoms with Gasteiger partial charge >= 0.3 is 11.8 Å². The molecule has 0 unspecified atom stereocenters. The molecule has 0 aliphatic carbocycles. The van der Waals surface area contributed by atoms with Crippen molar-refractivity contribution in [1.29, 1.82) is 0 Å². The summed E-state index contributed by atoms with van der Waals surface area (Å²) in [6, 6.07) is 11.6. The van der Waals surface area contributed by atoms with Crippen LogP contribution in [0, 0.1) is 0 Å². The number of nitrogens with one attached hydrogen (secondary N) is 2. The Balaban J connectivity index is 1.98. The number of benzene rings is 2. The van der Waals surface area contributed by atoms with Crippen LogP contribution >= 0.6 is 11.6 Å². The van der Waals surface area contributed by atoms with Gasteiger partial charge in [0.1, 0.15) is 11.5 Å². The van der Waals surface area contributed by atoms with Crippen LogP contribution in [-0.2, 0) is 9.59 Å². The zero-order valence-corrected chi connectivity index (χ0v) is 14.3. The van der Waals surface area contributed by atoms with Gasteiger partial charge in [0.15, 0.2) is 0 Å². The summed E-state index contributed by atoms with van der Waals surface area (Å²) in [5.41, 5.74) is 3.18. The maximum absolute atomic E-state index is 12.0. The van der Waals surface area contributed by atoms with E-state index >= 15 is 0 Å². The summed E-state index contributed by atoms with van der Waals surface area (Å²) in [5, 5.41) is 6.76. The van der Waals surface area contributed by atoms with Crippen LogP contribution < -0.4 is 20.2 Å². The Hall–Kier alpha value is -3.06. The SMILES string of the molecule is COc1ccc(OC)c(NC(=O)C(=O)N/N=C\c2ccc(Cl)cc2)c1. The number of hydrogen-bond donors (Lipinski definition) is 2. The third-order valence-electron chi connectivity index (χ3n) is 3.11. The standard InChI is InChI=1S/C17H16ClN3O4/c1-24-13-7-8-15(25-2)14(9-13)20-16(22)17(23)21-19-10-11-3-5-12(18)6-4-11/h3-10H,1-2H3,(H,20,22)(H,21,23)/b19-10-. The molecule has 0 atom stereocenters. The van der Waals surface area contributed by atoms with Crippen molar-refractivity contribution in [2.75, 3.05) is 19.5 Å². The summed E-state index contributed by atoms with van der Waals surface area (Å²) >= 11 is 5.77. The van der Waals surface area contributed by atoms with E-state index in [-0.39, 0.29) is 0 Å². The van der Waals surface area contributed by atoms with Crippen LogP contribution in [0.5, 0.6) is 11.5 Å². The molecule has 2 aromatic rings. The van der Waals surface area contributed by atoms with Gasteiger partial charge < -0.3 is 14.8 Å². The van der Waals surface area contributed by atoms with Gasteiger partial charge in [0.25, 0.3) is 0 Å². The van der Waals surface area contributed by atoms with Crippen molar-refractivity contribution >= 4 is 35.3 Å². The minimum absolute atomic E-state index is 0.309. The molecule has 130 valence electrons. The molecule has 2 amide bonds. The largest absolute Gasteiger partial charge is 0.497 e. The minimum Gasteiger partial charge on any atom is -0.497 e. The van der Waals surface area contributed by atoms with E-state index in [1.807, 2.05) is 0 Å². The lowest BCUT2D eigenvalue weighted by atomic mass is 10.2. The number of hydrogen-bond acceptors (Lipinski definition) is 5. The van der Waals surface area contributed by atoms with Crippen molar-refractivity contribution < 1.29 is 19.1 Å². The Morgan fingerprint density at radius 2 is 1.76 bits per heavy atom. The van der Waals surface area contributed by atoms with Crippen molar-refractivity contribution in [1.82, 2.24) is 5.43 Å². The van der Waals surface area contributed by atoms with E-state index in [1.165, 1.54) is 20.4 Å². The van der Waals surface area contributed by atoms with Crippen LogP contribution in [0.15, 0.2) is 47.6 Å². The fourth-order valence-corrected chi connectivity index (χ4v) is 1.98. The number of amides is 2. The highest BCUT2D eigenvalue weighted by Gasteiger charge is 2.16. The number of rotatable bonds is 5. The third-order valence-corrected chi connectivity index (χ3v) is 3.36. The second-order valence-electron chi connectivity index (χ2n) is 4.77. The highest BCUT2D eigenvalue weighted by atomic mass is 35.5. The predicted molar refractivity (Wildman–Crippen MR) is 95.4 cm³/mol. The zero-order chi connectivity index (χ0) is 18.2. The highest BCUT2D eigenvalue weighted by molar-refractivity contribution is 6.39. The predicted octanol–water partition coefficient (Wildman–Crippen LogP) is 2.45. The number of carbonyl (C=O) groups excluding carboxylic acids is 2. The Labute approximate surface area is 149 Å². The number of nitrogens with zero attached hydrogens (tertiary/aromatic N) is 1. The first-order valence-corrected chi connectivity index (χ1v) is 7.53.